The van der Waals surface area contributed by atoms with Crippen LogP contribution in [0.25, 0.3) is 11.2 Å². The normalized spacial score (nSPS) is 10.9. The smallest absolute Gasteiger partial charge is 0.286 e. The van der Waals surface area contributed by atoms with Crippen molar-refractivity contribution in [2.45, 2.75) is 40.4 Å². The van der Waals surface area contributed by atoms with Crippen LogP contribution in [0.5, 0.6) is 0 Å². The SMILES string of the molecule is CCn1c(=O)n(CC)c2c1c(=O)n(C#N)c(=O)n2CC. The first-order valence-corrected chi connectivity index (χ1v) is 6.42. The number of hydrogen-bond acceptors (Lipinski definition) is 4. The van der Waals surface area contributed by atoms with E-state index in [9.17, 15) is 14.4 Å². The van der Waals surface area contributed by atoms with Gasteiger partial charge in [0.2, 0.25) is 0 Å². The third-order valence-corrected chi connectivity index (χ3v) is 3.33. The van der Waals surface area contributed by atoms with Crippen LogP contribution in [-0.2, 0) is 19.6 Å². The van der Waals surface area contributed by atoms with Crippen LogP contribution in [0.3, 0.4) is 0 Å². The van der Waals surface area contributed by atoms with Gasteiger partial charge in [-0.15, -0.1) is 0 Å². The van der Waals surface area contributed by atoms with Crippen LogP contribution >= 0.6 is 0 Å². The maximum Gasteiger partial charge on any atom is 0.346 e. The number of nitrogens with zero attached hydrogens (tertiary/aromatic N) is 5. The van der Waals surface area contributed by atoms with E-state index in [1.165, 1.54) is 13.7 Å². The Balaban J connectivity index is 3.29. The summed E-state index contributed by atoms with van der Waals surface area (Å²) in [7, 11) is 0. The van der Waals surface area contributed by atoms with Crippen molar-refractivity contribution in [3.8, 4) is 6.19 Å². The quantitative estimate of drug-likeness (QED) is 0.756. The Hall–Kier alpha value is -2.56. The standard InChI is InChI=1S/C12H15N5O3/c1-4-14-8-9(15(5-2)11(14)19)16(6-3)12(20)17(7-13)10(8)18/h4-6H2,1-3H3. The third kappa shape index (κ3) is 1.56. The van der Waals surface area contributed by atoms with E-state index in [1.54, 1.807) is 27.0 Å². The summed E-state index contributed by atoms with van der Waals surface area (Å²) in [5, 5.41) is 8.98. The lowest BCUT2D eigenvalue weighted by Crippen LogP contribution is -2.38. The highest BCUT2D eigenvalue weighted by Crippen LogP contribution is 2.07. The monoisotopic (exact) mass is 277 g/mol. The van der Waals surface area contributed by atoms with E-state index in [0.29, 0.717) is 17.7 Å². The topological polar surface area (TPSA) is 94.7 Å². The van der Waals surface area contributed by atoms with Gasteiger partial charge in [0.25, 0.3) is 5.56 Å². The molecule has 0 unspecified atom stereocenters. The van der Waals surface area contributed by atoms with Gasteiger partial charge in [-0.25, -0.2) is 9.59 Å². The molecule has 0 aliphatic heterocycles. The molecule has 0 aliphatic rings. The van der Waals surface area contributed by atoms with Crippen molar-refractivity contribution in [1.29, 1.82) is 5.26 Å². The van der Waals surface area contributed by atoms with E-state index in [4.69, 9.17) is 5.26 Å². The van der Waals surface area contributed by atoms with Crippen LogP contribution in [0.4, 0.5) is 0 Å². The van der Waals surface area contributed by atoms with Gasteiger partial charge in [0, 0.05) is 19.6 Å². The van der Waals surface area contributed by atoms with E-state index in [2.05, 4.69) is 0 Å². The highest BCUT2D eigenvalue weighted by molar-refractivity contribution is 5.71. The van der Waals surface area contributed by atoms with Crippen molar-refractivity contribution in [2.75, 3.05) is 0 Å². The van der Waals surface area contributed by atoms with Crippen LogP contribution in [0.1, 0.15) is 20.8 Å². The lowest BCUT2D eigenvalue weighted by atomic mass is 10.4. The number of hydrogen-bond donors (Lipinski definition) is 0. The first-order chi connectivity index (χ1) is 9.53. The maximum atomic E-state index is 12.3. The molecule has 0 aliphatic carbocycles. The second-order valence-corrected chi connectivity index (χ2v) is 4.21. The van der Waals surface area contributed by atoms with E-state index < -0.39 is 11.2 Å². The fourth-order valence-corrected chi connectivity index (χ4v) is 2.42. The van der Waals surface area contributed by atoms with E-state index in [-0.39, 0.29) is 23.4 Å². The molecule has 8 nitrogen and oxygen atoms in total. The zero-order chi connectivity index (χ0) is 15.0. The summed E-state index contributed by atoms with van der Waals surface area (Å²) in [4.78, 5) is 36.6. The molecule has 0 saturated heterocycles. The Labute approximate surface area is 113 Å². The van der Waals surface area contributed by atoms with Gasteiger partial charge in [-0.05, 0) is 20.8 Å². The third-order valence-electron chi connectivity index (χ3n) is 3.33. The number of fused-ring (bicyclic) bond motifs is 1. The average Bonchev–Trinajstić information content (AvgIpc) is 2.72. The Morgan fingerprint density at radius 2 is 1.40 bits per heavy atom. The Morgan fingerprint density at radius 3 is 1.85 bits per heavy atom. The summed E-state index contributed by atoms with van der Waals surface area (Å²) < 4.78 is 4.43. The molecular formula is C12H15N5O3. The van der Waals surface area contributed by atoms with Crippen LogP contribution in [-0.4, -0.2) is 18.3 Å². The molecule has 0 atom stereocenters. The summed E-state index contributed by atoms with van der Waals surface area (Å²) >= 11 is 0. The van der Waals surface area contributed by atoms with Crippen LogP contribution < -0.4 is 16.9 Å². The summed E-state index contributed by atoms with van der Waals surface area (Å²) in [6, 6.07) is 0. The first-order valence-electron chi connectivity index (χ1n) is 6.42. The van der Waals surface area contributed by atoms with E-state index in [0.717, 1.165) is 0 Å². The molecule has 0 amide bonds. The minimum atomic E-state index is -0.747. The van der Waals surface area contributed by atoms with Gasteiger partial charge in [0.05, 0.1) is 0 Å². The van der Waals surface area contributed by atoms with Crippen molar-refractivity contribution in [3.05, 3.63) is 31.3 Å². The molecule has 0 aromatic carbocycles. The molecule has 2 aromatic rings. The van der Waals surface area contributed by atoms with Crippen LogP contribution in [0.15, 0.2) is 14.4 Å². The zero-order valence-electron chi connectivity index (χ0n) is 11.6. The van der Waals surface area contributed by atoms with Crippen molar-refractivity contribution < 1.29 is 0 Å². The highest BCUT2D eigenvalue weighted by atomic mass is 16.2. The van der Waals surface area contributed by atoms with E-state index in [1.807, 2.05) is 0 Å². The molecule has 2 aromatic heterocycles. The lowest BCUT2D eigenvalue weighted by Gasteiger charge is -2.07. The number of aromatic nitrogens is 4. The molecule has 0 spiro atoms. The van der Waals surface area contributed by atoms with Gasteiger partial charge in [0.1, 0.15) is 0 Å². The Bertz CT molecular complexity index is 887. The maximum absolute atomic E-state index is 12.3. The van der Waals surface area contributed by atoms with Crippen molar-refractivity contribution in [3.63, 3.8) is 0 Å². The molecule has 0 saturated carbocycles. The molecule has 2 rings (SSSR count). The molecule has 0 radical (unpaired) electrons. The zero-order valence-corrected chi connectivity index (χ0v) is 11.6. The van der Waals surface area contributed by atoms with Crippen molar-refractivity contribution in [2.24, 2.45) is 0 Å². The fourth-order valence-electron chi connectivity index (χ4n) is 2.42. The molecule has 0 fully saturated rings. The largest absolute Gasteiger partial charge is 0.346 e. The lowest BCUT2D eigenvalue weighted by molar-refractivity contribution is 0.641. The summed E-state index contributed by atoms with van der Waals surface area (Å²) in [6.45, 7) is 6.13. The number of aryl methyl sites for hydroxylation is 3. The van der Waals surface area contributed by atoms with Gasteiger partial charge in [-0.3, -0.25) is 18.5 Å². The number of imidazole rings is 1. The number of rotatable bonds is 3. The van der Waals surface area contributed by atoms with Gasteiger partial charge >= 0.3 is 11.4 Å². The van der Waals surface area contributed by atoms with Gasteiger partial charge in [-0.2, -0.15) is 9.83 Å². The summed E-state index contributed by atoms with van der Waals surface area (Å²) in [5.41, 5.74) is -1.43. The molecule has 0 N–H and O–H groups in total. The van der Waals surface area contributed by atoms with E-state index >= 15 is 0 Å². The highest BCUT2D eigenvalue weighted by Gasteiger charge is 2.21. The van der Waals surface area contributed by atoms with Crippen molar-refractivity contribution in [1.82, 2.24) is 18.3 Å². The molecule has 106 valence electrons. The minimum Gasteiger partial charge on any atom is -0.286 e. The number of nitriles is 1. The summed E-state index contributed by atoms with van der Waals surface area (Å²) in [5.74, 6) is 0. The molecule has 20 heavy (non-hydrogen) atoms. The first kappa shape index (κ1) is 13.9. The van der Waals surface area contributed by atoms with Gasteiger partial charge < -0.3 is 0 Å². The molecule has 8 heteroatoms. The molecular weight excluding hydrogens is 262 g/mol. The minimum absolute atomic E-state index is 0.0994. The molecule has 0 bridgehead atoms. The second-order valence-electron chi connectivity index (χ2n) is 4.21. The fraction of sp³-hybridized carbons (Fsp3) is 0.500. The Morgan fingerprint density at radius 1 is 0.900 bits per heavy atom. The van der Waals surface area contributed by atoms with Crippen molar-refractivity contribution >= 4 is 11.2 Å². The van der Waals surface area contributed by atoms with Crippen LogP contribution in [0, 0.1) is 11.5 Å². The summed E-state index contributed by atoms with van der Waals surface area (Å²) in [6.07, 6.45) is 1.57. The average molecular weight is 277 g/mol. The van der Waals surface area contributed by atoms with Gasteiger partial charge in [-0.1, -0.05) is 0 Å². The van der Waals surface area contributed by atoms with Crippen LogP contribution in [0.2, 0.25) is 0 Å². The second kappa shape index (κ2) is 4.85. The van der Waals surface area contributed by atoms with Gasteiger partial charge in [0.15, 0.2) is 17.4 Å². The predicted molar refractivity (Wildman–Crippen MR) is 72.8 cm³/mol. The predicted octanol–water partition coefficient (Wildman–Crippen LogP) is -0.485. The molecule has 2 heterocycles. The Kier molecular flexibility index (Phi) is 3.36.